The van der Waals surface area contributed by atoms with Crippen molar-refractivity contribution < 1.29 is 13.2 Å². The van der Waals surface area contributed by atoms with Crippen LogP contribution in [-0.2, 0) is 22.9 Å². The molecule has 1 aliphatic heterocycles. The van der Waals surface area contributed by atoms with Crippen LogP contribution in [-0.4, -0.2) is 49.0 Å². The quantitative estimate of drug-likeness (QED) is 0.858. The van der Waals surface area contributed by atoms with E-state index < -0.39 is 10.0 Å². The van der Waals surface area contributed by atoms with Crippen LogP contribution in [0.5, 0.6) is 0 Å². The van der Waals surface area contributed by atoms with Crippen molar-refractivity contribution in [1.29, 1.82) is 0 Å². The Hall–Kier alpha value is -1.86. The van der Waals surface area contributed by atoms with E-state index in [2.05, 4.69) is 23.3 Å². The number of carbonyl (C=O) groups excluding carboxylic acids is 1. The monoisotopic (exact) mass is 375 g/mol. The van der Waals surface area contributed by atoms with Gasteiger partial charge in [0.25, 0.3) is 5.91 Å². The third-order valence-corrected chi connectivity index (χ3v) is 7.52. The molecule has 0 bridgehead atoms. The highest BCUT2D eigenvalue weighted by Gasteiger charge is 2.28. The highest BCUT2D eigenvalue weighted by atomic mass is 32.2. The second kappa shape index (κ2) is 6.70. The summed E-state index contributed by atoms with van der Waals surface area (Å²) in [4.78, 5) is 16.1. The summed E-state index contributed by atoms with van der Waals surface area (Å²) in [6.07, 6.45) is 3.92. The Morgan fingerprint density at radius 3 is 3.00 bits per heavy atom. The van der Waals surface area contributed by atoms with Crippen LogP contribution < -0.4 is 5.32 Å². The van der Waals surface area contributed by atoms with Crippen LogP contribution in [0, 0.1) is 5.92 Å². The molecule has 0 unspecified atom stereocenters. The highest BCUT2D eigenvalue weighted by molar-refractivity contribution is 7.89. The fourth-order valence-corrected chi connectivity index (χ4v) is 5.66. The molecule has 1 fully saturated rings. The van der Waals surface area contributed by atoms with E-state index in [4.69, 9.17) is 0 Å². The zero-order valence-corrected chi connectivity index (χ0v) is 15.9. The maximum atomic E-state index is 12.7. The maximum absolute atomic E-state index is 12.7. The standard InChI is InChI=1S/C19H25N3O3S/c1-13-6-7-17-16(12-13)14-4-2-5-15(18(14)21-17)19(23)20-8-10-22-9-3-11-26(22,24)25/h2,4-5,13,21H,3,6-12H2,1H3,(H,20,23)/t13-/m0/s1. The van der Waals surface area contributed by atoms with Gasteiger partial charge in [0.15, 0.2) is 0 Å². The van der Waals surface area contributed by atoms with Gasteiger partial charge < -0.3 is 10.3 Å². The minimum absolute atomic E-state index is 0.154. The van der Waals surface area contributed by atoms with Crippen molar-refractivity contribution >= 4 is 26.8 Å². The van der Waals surface area contributed by atoms with Crippen LogP contribution in [0.3, 0.4) is 0 Å². The molecule has 7 heteroatoms. The average molecular weight is 375 g/mol. The Labute approximate surface area is 154 Å². The van der Waals surface area contributed by atoms with Crippen molar-refractivity contribution in [2.24, 2.45) is 5.92 Å². The largest absolute Gasteiger partial charge is 0.358 e. The molecule has 0 saturated carbocycles. The van der Waals surface area contributed by atoms with Crippen LogP contribution >= 0.6 is 0 Å². The van der Waals surface area contributed by atoms with Gasteiger partial charge in [-0.25, -0.2) is 12.7 Å². The van der Waals surface area contributed by atoms with Crippen molar-refractivity contribution in [2.45, 2.75) is 32.6 Å². The van der Waals surface area contributed by atoms with E-state index in [0.29, 0.717) is 37.5 Å². The van der Waals surface area contributed by atoms with Gasteiger partial charge in [-0.3, -0.25) is 4.79 Å². The van der Waals surface area contributed by atoms with Gasteiger partial charge in [0.2, 0.25) is 10.0 Å². The summed E-state index contributed by atoms with van der Waals surface area (Å²) in [7, 11) is -3.12. The van der Waals surface area contributed by atoms with E-state index in [-0.39, 0.29) is 11.7 Å². The third-order valence-electron chi connectivity index (χ3n) is 5.56. The van der Waals surface area contributed by atoms with E-state index in [9.17, 15) is 13.2 Å². The number of aromatic amines is 1. The molecule has 6 nitrogen and oxygen atoms in total. The van der Waals surface area contributed by atoms with Crippen molar-refractivity contribution in [1.82, 2.24) is 14.6 Å². The molecule has 140 valence electrons. The molecule has 1 aliphatic carbocycles. The molecule has 2 heterocycles. The lowest BCUT2D eigenvalue weighted by molar-refractivity contribution is 0.0953. The molecule has 2 N–H and O–H groups in total. The number of aryl methyl sites for hydroxylation is 1. The lowest BCUT2D eigenvalue weighted by atomic mass is 9.87. The number of aromatic nitrogens is 1. The Balaban J connectivity index is 1.50. The molecule has 1 atom stereocenters. The van der Waals surface area contributed by atoms with Gasteiger partial charge in [0.1, 0.15) is 0 Å². The number of benzene rings is 1. The first-order valence-corrected chi connectivity index (χ1v) is 10.9. The van der Waals surface area contributed by atoms with Gasteiger partial charge >= 0.3 is 0 Å². The lowest BCUT2D eigenvalue weighted by Gasteiger charge is -2.17. The van der Waals surface area contributed by atoms with Gasteiger partial charge in [0, 0.05) is 30.7 Å². The SMILES string of the molecule is C[C@H]1CCc2[nH]c3c(C(=O)NCCN4CCCS4(=O)=O)cccc3c2C1. The van der Waals surface area contributed by atoms with Gasteiger partial charge in [-0.15, -0.1) is 0 Å². The minimum atomic E-state index is -3.12. The number of nitrogens with one attached hydrogen (secondary N) is 2. The Morgan fingerprint density at radius 1 is 1.38 bits per heavy atom. The molecule has 1 saturated heterocycles. The number of fused-ring (bicyclic) bond motifs is 3. The van der Waals surface area contributed by atoms with E-state index in [1.54, 1.807) is 0 Å². The van der Waals surface area contributed by atoms with Crippen LogP contribution in [0.1, 0.15) is 41.4 Å². The predicted octanol–water partition coefficient (Wildman–Crippen LogP) is 2.06. The number of rotatable bonds is 4. The van der Waals surface area contributed by atoms with Crippen LogP contribution in [0.2, 0.25) is 0 Å². The van der Waals surface area contributed by atoms with Gasteiger partial charge in [-0.2, -0.15) is 0 Å². The highest BCUT2D eigenvalue weighted by Crippen LogP contribution is 2.32. The number of carbonyl (C=O) groups is 1. The molecule has 1 amide bonds. The zero-order valence-electron chi connectivity index (χ0n) is 15.0. The summed E-state index contributed by atoms with van der Waals surface area (Å²) in [6, 6.07) is 5.83. The van der Waals surface area contributed by atoms with E-state index in [1.165, 1.54) is 22.0 Å². The molecule has 1 aromatic carbocycles. The zero-order chi connectivity index (χ0) is 18.3. The summed E-state index contributed by atoms with van der Waals surface area (Å²) in [5.41, 5.74) is 4.13. The van der Waals surface area contributed by atoms with E-state index in [0.717, 1.165) is 23.7 Å². The van der Waals surface area contributed by atoms with Crippen LogP contribution in [0.4, 0.5) is 0 Å². The minimum Gasteiger partial charge on any atom is -0.358 e. The first-order chi connectivity index (χ1) is 12.5. The smallest absolute Gasteiger partial charge is 0.253 e. The summed E-state index contributed by atoms with van der Waals surface area (Å²) in [6.45, 7) is 3.48. The van der Waals surface area contributed by atoms with Gasteiger partial charge in [-0.05, 0) is 43.2 Å². The Kier molecular flexibility index (Phi) is 4.52. The Bertz CT molecular complexity index is 948. The number of para-hydroxylation sites is 1. The van der Waals surface area contributed by atoms with Crippen LogP contribution in [0.15, 0.2) is 18.2 Å². The summed E-state index contributed by atoms with van der Waals surface area (Å²) in [5.74, 6) is 0.729. The molecule has 0 spiro atoms. The van der Waals surface area contributed by atoms with Crippen molar-refractivity contribution in [2.75, 3.05) is 25.4 Å². The molecule has 0 radical (unpaired) electrons. The predicted molar refractivity (Wildman–Crippen MR) is 102 cm³/mol. The second-order valence-corrected chi connectivity index (χ2v) is 9.57. The first kappa shape index (κ1) is 17.5. The third kappa shape index (κ3) is 3.14. The summed E-state index contributed by atoms with van der Waals surface area (Å²) < 4.78 is 25.1. The second-order valence-electron chi connectivity index (χ2n) is 7.48. The number of sulfonamides is 1. The first-order valence-electron chi connectivity index (χ1n) is 9.34. The molecule has 1 aromatic heterocycles. The number of amides is 1. The topological polar surface area (TPSA) is 82.3 Å². The van der Waals surface area contributed by atoms with Gasteiger partial charge in [0.05, 0.1) is 16.8 Å². The number of nitrogens with zero attached hydrogens (tertiary/aromatic N) is 1. The van der Waals surface area contributed by atoms with Crippen molar-refractivity contribution in [3.8, 4) is 0 Å². The Morgan fingerprint density at radius 2 is 2.23 bits per heavy atom. The molecular weight excluding hydrogens is 350 g/mol. The number of H-pyrrole nitrogens is 1. The lowest BCUT2D eigenvalue weighted by Crippen LogP contribution is -2.35. The van der Waals surface area contributed by atoms with Crippen molar-refractivity contribution in [3.05, 3.63) is 35.0 Å². The molecule has 26 heavy (non-hydrogen) atoms. The van der Waals surface area contributed by atoms with Crippen molar-refractivity contribution in [3.63, 3.8) is 0 Å². The maximum Gasteiger partial charge on any atom is 0.253 e. The number of hydrogen-bond donors (Lipinski definition) is 2. The molecule has 2 aliphatic rings. The summed E-state index contributed by atoms with van der Waals surface area (Å²) in [5, 5.41) is 4.02. The fraction of sp³-hybridized carbons (Fsp3) is 0.526. The van der Waals surface area contributed by atoms with Crippen LogP contribution in [0.25, 0.3) is 10.9 Å². The molecule has 2 aromatic rings. The van der Waals surface area contributed by atoms with Gasteiger partial charge in [-0.1, -0.05) is 19.1 Å². The molecule has 4 rings (SSSR count). The van der Waals surface area contributed by atoms with E-state index >= 15 is 0 Å². The normalized spacial score (nSPS) is 22.4. The average Bonchev–Trinajstić information content (AvgIpc) is 3.14. The number of hydrogen-bond acceptors (Lipinski definition) is 3. The fourth-order valence-electron chi connectivity index (χ4n) is 4.14. The van der Waals surface area contributed by atoms with E-state index in [1.807, 2.05) is 12.1 Å². The molecular formula is C19H25N3O3S. The summed E-state index contributed by atoms with van der Waals surface area (Å²) >= 11 is 0.